The molecule has 2 amide bonds. The van der Waals surface area contributed by atoms with Gasteiger partial charge in [-0.2, -0.15) is 0 Å². The van der Waals surface area contributed by atoms with Gasteiger partial charge < -0.3 is 34.9 Å². The first-order valence-corrected chi connectivity index (χ1v) is 14.8. The van der Waals surface area contributed by atoms with Gasteiger partial charge in [0, 0.05) is 90.0 Å². The quantitative estimate of drug-likeness (QED) is 0.405. The Kier molecular flexibility index (Phi) is 9.67. The number of piperidine rings is 1. The van der Waals surface area contributed by atoms with E-state index in [0.717, 1.165) is 91.2 Å². The van der Waals surface area contributed by atoms with Crippen molar-refractivity contribution in [3.8, 4) is 0 Å². The van der Waals surface area contributed by atoms with Gasteiger partial charge in [-0.25, -0.2) is 4.39 Å². The van der Waals surface area contributed by atoms with Crippen molar-refractivity contribution >= 4 is 23.8 Å². The number of anilines is 1. The van der Waals surface area contributed by atoms with Crippen molar-refractivity contribution in [3.63, 3.8) is 0 Å². The maximum atomic E-state index is 15.8. The van der Waals surface area contributed by atoms with Gasteiger partial charge in [0.05, 0.1) is 24.9 Å². The number of fused-ring (bicyclic) bond motifs is 1. The lowest BCUT2D eigenvalue weighted by Gasteiger charge is -2.40. The lowest BCUT2D eigenvalue weighted by Crippen LogP contribution is -2.52. The number of piperazine rings is 1. The number of halogens is 1. The lowest BCUT2D eigenvalue weighted by molar-refractivity contribution is -0.125. The van der Waals surface area contributed by atoms with Gasteiger partial charge in [-0.15, -0.1) is 0 Å². The Morgan fingerprint density at radius 2 is 1.88 bits per heavy atom. The zero-order chi connectivity index (χ0) is 28.1. The third-order valence-electron chi connectivity index (χ3n) is 8.93. The van der Waals surface area contributed by atoms with E-state index in [0.29, 0.717) is 28.8 Å². The molecule has 5 rings (SSSR count). The number of benzene rings is 1. The number of carbonyl (C=O) groups excluding carboxylic acids is 3. The Morgan fingerprint density at radius 1 is 1.15 bits per heavy atom. The zero-order valence-corrected chi connectivity index (χ0v) is 23.6. The molecule has 4 heterocycles. The fraction of sp³-hybridized carbons (Fsp3) is 0.690. The van der Waals surface area contributed by atoms with Crippen molar-refractivity contribution in [1.82, 2.24) is 25.3 Å². The van der Waals surface area contributed by atoms with Crippen LogP contribution >= 0.6 is 0 Å². The topological polar surface area (TPSA) is 97.5 Å². The van der Waals surface area contributed by atoms with Gasteiger partial charge in [-0.05, 0) is 37.3 Å². The molecule has 0 aromatic heterocycles. The molecule has 1 aromatic rings. The minimum absolute atomic E-state index is 0.0383. The van der Waals surface area contributed by atoms with Gasteiger partial charge in [-0.1, -0.05) is 0 Å². The fourth-order valence-electron chi connectivity index (χ4n) is 6.58. The molecule has 2 N–H and O–H groups in total. The van der Waals surface area contributed by atoms with E-state index in [1.165, 1.54) is 11.9 Å². The normalized spacial score (nSPS) is 23.8. The molecule has 4 aliphatic heterocycles. The highest BCUT2D eigenvalue weighted by atomic mass is 19.1. The van der Waals surface area contributed by atoms with E-state index < -0.39 is 6.04 Å². The second kappa shape index (κ2) is 13.4. The molecule has 220 valence electrons. The SMILES string of the molecule is CNC(=O)C(CCC=O)N1Cc2c(ccc(N3CCC(CN4CCN(CC5CNCCO5)CC4)CC3)c2F)C1=O. The fourth-order valence-corrected chi connectivity index (χ4v) is 6.58. The number of carbonyl (C=O) groups is 3. The number of morpholine rings is 1. The third-order valence-corrected chi connectivity index (χ3v) is 8.93. The number of aldehydes is 1. The summed E-state index contributed by atoms with van der Waals surface area (Å²) in [6.07, 6.45) is 3.42. The number of hydrogen-bond acceptors (Lipinski definition) is 8. The Morgan fingerprint density at radius 3 is 2.52 bits per heavy atom. The summed E-state index contributed by atoms with van der Waals surface area (Å²) in [4.78, 5) is 45.0. The van der Waals surface area contributed by atoms with Crippen LogP contribution in [-0.2, 0) is 20.9 Å². The average Bonchev–Trinajstić information content (AvgIpc) is 3.32. The zero-order valence-electron chi connectivity index (χ0n) is 23.6. The van der Waals surface area contributed by atoms with Crippen LogP contribution in [0.2, 0.25) is 0 Å². The highest BCUT2D eigenvalue weighted by molar-refractivity contribution is 6.01. The van der Waals surface area contributed by atoms with Crippen molar-refractivity contribution in [1.29, 1.82) is 0 Å². The highest BCUT2D eigenvalue weighted by Gasteiger charge is 2.38. The van der Waals surface area contributed by atoms with Crippen LogP contribution in [-0.4, -0.2) is 124 Å². The lowest BCUT2D eigenvalue weighted by atomic mass is 9.95. The smallest absolute Gasteiger partial charge is 0.255 e. The van der Waals surface area contributed by atoms with Crippen LogP contribution in [0.25, 0.3) is 0 Å². The van der Waals surface area contributed by atoms with Gasteiger partial charge in [0.1, 0.15) is 12.3 Å². The Balaban J connectivity index is 1.12. The summed E-state index contributed by atoms with van der Waals surface area (Å²) in [6, 6.07) is 2.60. The summed E-state index contributed by atoms with van der Waals surface area (Å²) >= 11 is 0. The minimum Gasteiger partial charge on any atom is -0.374 e. The molecule has 0 radical (unpaired) electrons. The molecule has 0 saturated carbocycles. The molecule has 11 heteroatoms. The highest BCUT2D eigenvalue weighted by Crippen LogP contribution is 2.35. The van der Waals surface area contributed by atoms with Crippen LogP contribution in [0.5, 0.6) is 0 Å². The summed E-state index contributed by atoms with van der Waals surface area (Å²) in [7, 11) is 1.50. The molecule has 40 heavy (non-hydrogen) atoms. The minimum atomic E-state index is -0.798. The molecule has 2 atom stereocenters. The standard InChI is InChI=1S/C29H43FN6O4/c1-31-28(38)26(3-2-15-37)36-20-24-23(29(36)39)4-5-25(27(24)30)35-9-6-21(7-10-35)18-33-11-13-34(14-12-33)19-22-17-32-8-16-40-22/h4-5,15,21-22,26,32H,2-3,6-14,16-20H2,1H3,(H,31,38). The van der Waals surface area contributed by atoms with E-state index in [1.807, 2.05) is 0 Å². The first-order valence-electron chi connectivity index (χ1n) is 14.8. The van der Waals surface area contributed by atoms with Gasteiger partial charge in [0.2, 0.25) is 5.91 Å². The Bertz CT molecular complexity index is 1050. The Hall–Kier alpha value is -2.60. The van der Waals surface area contributed by atoms with E-state index in [4.69, 9.17) is 4.74 Å². The molecule has 0 bridgehead atoms. The largest absolute Gasteiger partial charge is 0.374 e. The Labute approximate surface area is 236 Å². The van der Waals surface area contributed by atoms with Crippen LogP contribution in [0.4, 0.5) is 10.1 Å². The summed E-state index contributed by atoms with van der Waals surface area (Å²) < 4.78 is 21.6. The van der Waals surface area contributed by atoms with Crippen molar-refractivity contribution in [2.24, 2.45) is 5.92 Å². The monoisotopic (exact) mass is 558 g/mol. The maximum absolute atomic E-state index is 15.8. The van der Waals surface area contributed by atoms with E-state index in [-0.39, 0.29) is 37.0 Å². The van der Waals surface area contributed by atoms with E-state index in [1.54, 1.807) is 12.1 Å². The van der Waals surface area contributed by atoms with Gasteiger partial charge >= 0.3 is 0 Å². The number of hydrogen-bond donors (Lipinski definition) is 2. The van der Waals surface area contributed by atoms with Crippen molar-refractivity contribution in [2.75, 3.05) is 84.0 Å². The van der Waals surface area contributed by atoms with Crippen molar-refractivity contribution in [2.45, 2.75) is 44.4 Å². The number of nitrogens with one attached hydrogen (secondary N) is 2. The second-order valence-electron chi connectivity index (χ2n) is 11.5. The molecule has 3 fully saturated rings. The van der Waals surface area contributed by atoms with Crippen LogP contribution in [0.15, 0.2) is 12.1 Å². The van der Waals surface area contributed by atoms with Gasteiger partial charge in [0.15, 0.2) is 5.82 Å². The first-order chi connectivity index (χ1) is 19.5. The second-order valence-corrected chi connectivity index (χ2v) is 11.5. The van der Waals surface area contributed by atoms with Crippen LogP contribution in [0.3, 0.4) is 0 Å². The van der Waals surface area contributed by atoms with Crippen molar-refractivity contribution in [3.05, 3.63) is 29.1 Å². The van der Waals surface area contributed by atoms with Gasteiger partial charge in [-0.3, -0.25) is 14.5 Å². The summed E-state index contributed by atoms with van der Waals surface area (Å²) in [5, 5.41) is 5.97. The molecular formula is C29H43FN6O4. The molecule has 1 aromatic carbocycles. The van der Waals surface area contributed by atoms with Gasteiger partial charge in [0.25, 0.3) is 5.91 Å². The summed E-state index contributed by atoms with van der Waals surface area (Å²) in [5.41, 5.74) is 1.18. The average molecular weight is 559 g/mol. The summed E-state index contributed by atoms with van der Waals surface area (Å²) in [6.45, 7) is 10.7. The van der Waals surface area contributed by atoms with E-state index in [2.05, 4.69) is 25.3 Å². The van der Waals surface area contributed by atoms with Crippen LogP contribution < -0.4 is 15.5 Å². The number of likely N-dealkylation sites (N-methyl/N-ethyl adjacent to an activating group) is 1. The predicted molar refractivity (Wildman–Crippen MR) is 150 cm³/mol. The summed E-state index contributed by atoms with van der Waals surface area (Å²) in [5.74, 6) is -0.482. The molecule has 0 aliphatic carbocycles. The number of ether oxygens (including phenoxy) is 1. The van der Waals surface area contributed by atoms with E-state index >= 15 is 4.39 Å². The molecule has 0 spiro atoms. The first kappa shape index (κ1) is 28.9. The number of amides is 2. The third kappa shape index (κ3) is 6.48. The van der Waals surface area contributed by atoms with Crippen LogP contribution in [0, 0.1) is 11.7 Å². The molecule has 3 saturated heterocycles. The number of nitrogens with zero attached hydrogens (tertiary/aromatic N) is 4. The molecule has 4 aliphatic rings. The van der Waals surface area contributed by atoms with E-state index in [9.17, 15) is 14.4 Å². The van der Waals surface area contributed by atoms with Crippen molar-refractivity contribution < 1.29 is 23.5 Å². The van der Waals surface area contributed by atoms with Crippen LogP contribution in [0.1, 0.15) is 41.6 Å². The molecule has 10 nitrogen and oxygen atoms in total. The predicted octanol–water partition coefficient (Wildman–Crippen LogP) is 0.698. The number of rotatable bonds is 10. The molecule has 2 unspecified atom stereocenters. The maximum Gasteiger partial charge on any atom is 0.255 e. The molecular weight excluding hydrogens is 515 g/mol.